The second-order valence-corrected chi connectivity index (χ2v) is 3.57. The number of nitrogens with two attached hydrogens (primary N) is 1. The lowest BCUT2D eigenvalue weighted by atomic mass is 10.1. The van der Waals surface area contributed by atoms with Crippen LogP contribution >= 0.6 is 0 Å². The lowest BCUT2D eigenvalue weighted by molar-refractivity contribution is 0.0998. The molecule has 2 rings (SSSR count). The van der Waals surface area contributed by atoms with Gasteiger partial charge in [0.1, 0.15) is 11.1 Å². The third kappa shape index (κ3) is 1.63. The normalized spacial score (nSPS) is 10.6. The number of ketones is 1. The van der Waals surface area contributed by atoms with Gasteiger partial charge in [-0.15, -0.1) is 0 Å². The van der Waals surface area contributed by atoms with E-state index in [1.807, 2.05) is 19.1 Å². The first-order valence-corrected chi connectivity index (χ1v) is 4.90. The van der Waals surface area contributed by atoms with E-state index in [-0.39, 0.29) is 12.1 Å². The van der Waals surface area contributed by atoms with Gasteiger partial charge in [0.15, 0.2) is 5.78 Å². The Morgan fingerprint density at radius 1 is 1.44 bits per heavy atom. The van der Waals surface area contributed by atoms with Gasteiger partial charge in [-0.2, -0.15) is 0 Å². The monoisotopic (exact) mass is 217 g/mol. The van der Waals surface area contributed by atoms with Crippen LogP contribution in [0.3, 0.4) is 0 Å². The Balaban J connectivity index is 2.78. The Hall–Kier alpha value is -1.94. The molecular formula is C12H11NO3. The molecule has 0 saturated carbocycles. The van der Waals surface area contributed by atoms with Crippen molar-refractivity contribution >= 4 is 16.8 Å². The molecule has 0 unspecified atom stereocenters. The van der Waals surface area contributed by atoms with Gasteiger partial charge in [-0.3, -0.25) is 4.79 Å². The van der Waals surface area contributed by atoms with Crippen molar-refractivity contribution in [2.45, 2.75) is 6.92 Å². The highest BCUT2D eigenvalue weighted by molar-refractivity contribution is 5.99. The third-order valence-electron chi connectivity index (χ3n) is 2.44. The number of carbonyl (C=O) groups excluding carboxylic acids is 1. The SMILES string of the molecule is Cc1cccc2cc(C(=O)CN)c(=O)oc12. The number of rotatable bonds is 2. The zero-order valence-electron chi connectivity index (χ0n) is 8.82. The molecule has 0 atom stereocenters. The third-order valence-corrected chi connectivity index (χ3v) is 2.44. The van der Waals surface area contributed by atoms with Crippen molar-refractivity contribution in [1.29, 1.82) is 0 Å². The summed E-state index contributed by atoms with van der Waals surface area (Å²) in [6.07, 6.45) is 0. The Morgan fingerprint density at radius 2 is 2.19 bits per heavy atom. The molecule has 0 bridgehead atoms. The van der Waals surface area contributed by atoms with Crippen molar-refractivity contribution in [3.05, 3.63) is 45.8 Å². The van der Waals surface area contributed by atoms with Crippen LogP contribution in [-0.2, 0) is 0 Å². The molecular weight excluding hydrogens is 206 g/mol. The molecule has 0 amide bonds. The summed E-state index contributed by atoms with van der Waals surface area (Å²) in [5, 5.41) is 0.733. The van der Waals surface area contributed by atoms with E-state index < -0.39 is 11.4 Å². The van der Waals surface area contributed by atoms with Crippen molar-refractivity contribution < 1.29 is 9.21 Å². The van der Waals surface area contributed by atoms with Crippen LogP contribution < -0.4 is 11.4 Å². The number of Topliss-reactive ketones (excluding diaryl/α,β-unsaturated/α-hetero) is 1. The average molecular weight is 217 g/mol. The van der Waals surface area contributed by atoms with Crippen molar-refractivity contribution in [3.8, 4) is 0 Å². The second-order valence-electron chi connectivity index (χ2n) is 3.57. The Labute approximate surface area is 91.7 Å². The van der Waals surface area contributed by atoms with E-state index in [0.29, 0.717) is 5.58 Å². The van der Waals surface area contributed by atoms with E-state index in [2.05, 4.69) is 0 Å². The van der Waals surface area contributed by atoms with E-state index in [0.717, 1.165) is 10.9 Å². The number of benzene rings is 1. The summed E-state index contributed by atoms with van der Waals surface area (Å²) in [4.78, 5) is 22.9. The summed E-state index contributed by atoms with van der Waals surface area (Å²) in [6.45, 7) is 1.65. The van der Waals surface area contributed by atoms with Crippen LogP contribution in [0.5, 0.6) is 0 Å². The zero-order valence-corrected chi connectivity index (χ0v) is 8.82. The van der Waals surface area contributed by atoms with Gasteiger partial charge in [0.2, 0.25) is 0 Å². The fourth-order valence-electron chi connectivity index (χ4n) is 1.59. The van der Waals surface area contributed by atoms with Gasteiger partial charge in [0.05, 0.1) is 6.54 Å². The van der Waals surface area contributed by atoms with Crippen LogP contribution in [0.25, 0.3) is 11.0 Å². The van der Waals surface area contributed by atoms with Crippen molar-refractivity contribution in [2.24, 2.45) is 5.73 Å². The van der Waals surface area contributed by atoms with Crippen molar-refractivity contribution in [1.82, 2.24) is 0 Å². The quantitative estimate of drug-likeness (QED) is 0.606. The summed E-state index contributed by atoms with van der Waals surface area (Å²) < 4.78 is 5.11. The number of fused-ring (bicyclic) bond motifs is 1. The van der Waals surface area contributed by atoms with Crippen LogP contribution in [0.2, 0.25) is 0 Å². The number of hydrogen-bond donors (Lipinski definition) is 1. The van der Waals surface area contributed by atoms with Crippen LogP contribution in [-0.4, -0.2) is 12.3 Å². The van der Waals surface area contributed by atoms with Gasteiger partial charge in [-0.25, -0.2) is 4.79 Å². The van der Waals surface area contributed by atoms with E-state index >= 15 is 0 Å². The van der Waals surface area contributed by atoms with E-state index in [4.69, 9.17) is 10.2 Å². The molecule has 1 heterocycles. The molecule has 2 aromatic rings. The van der Waals surface area contributed by atoms with Crippen LogP contribution in [0, 0.1) is 6.92 Å². The fourth-order valence-corrected chi connectivity index (χ4v) is 1.59. The number of carbonyl (C=O) groups is 1. The van der Waals surface area contributed by atoms with Gasteiger partial charge < -0.3 is 10.2 Å². The first-order valence-electron chi connectivity index (χ1n) is 4.90. The standard InChI is InChI=1S/C12H11NO3/c1-7-3-2-4-8-5-9(10(14)6-13)12(15)16-11(7)8/h2-5H,6,13H2,1H3. The smallest absolute Gasteiger partial charge is 0.347 e. The molecule has 0 fully saturated rings. The van der Waals surface area contributed by atoms with Crippen LogP contribution in [0.1, 0.15) is 15.9 Å². The average Bonchev–Trinajstić information content (AvgIpc) is 2.29. The lowest BCUT2D eigenvalue weighted by Crippen LogP contribution is -2.21. The molecule has 1 aromatic heterocycles. The van der Waals surface area contributed by atoms with Gasteiger partial charge in [-0.05, 0) is 18.6 Å². The number of para-hydroxylation sites is 1. The van der Waals surface area contributed by atoms with E-state index in [1.54, 1.807) is 6.07 Å². The molecule has 16 heavy (non-hydrogen) atoms. The highest BCUT2D eigenvalue weighted by Gasteiger charge is 2.12. The van der Waals surface area contributed by atoms with Gasteiger partial charge in [0.25, 0.3) is 0 Å². The molecule has 0 radical (unpaired) electrons. The predicted octanol–water partition coefficient (Wildman–Crippen LogP) is 1.24. The fraction of sp³-hybridized carbons (Fsp3) is 0.167. The molecule has 4 heteroatoms. The second kappa shape index (κ2) is 3.90. The molecule has 0 spiro atoms. The molecule has 82 valence electrons. The molecule has 0 aliphatic carbocycles. The zero-order chi connectivity index (χ0) is 11.7. The molecule has 1 aromatic carbocycles. The minimum atomic E-state index is -0.628. The van der Waals surface area contributed by atoms with Gasteiger partial charge >= 0.3 is 5.63 Å². The van der Waals surface area contributed by atoms with Crippen molar-refractivity contribution in [3.63, 3.8) is 0 Å². The van der Waals surface area contributed by atoms with Crippen molar-refractivity contribution in [2.75, 3.05) is 6.54 Å². The maximum Gasteiger partial charge on any atom is 0.347 e. The lowest BCUT2D eigenvalue weighted by Gasteiger charge is -2.02. The summed E-state index contributed by atoms with van der Waals surface area (Å²) in [5.41, 5.74) is 5.98. The van der Waals surface area contributed by atoms with Gasteiger partial charge in [0, 0.05) is 5.39 Å². The summed E-state index contributed by atoms with van der Waals surface area (Å²) in [6, 6.07) is 7.01. The summed E-state index contributed by atoms with van der Waals surface area (Å²) >= 11 is 0. The topological polar surface area (TPSA) is 73.3 Å². The van der Waals surface area contributed by atoms with Gasteiger partial charge in [-0.1, -0.05) is 18.2 Å². The molecule has 4 nitrogen and oxygen atoms in total. The maximum atomic E-state index is 11.5. The first-order chi connectivity index (χ1) is 7.63. The Morgan fingerprint density at radius 3 is 2.88 bits per heavy atom. The largest absolute Gasteiger partial charge is 0.422 e. The summed E-state index contributed by atoms with van der Waals surface area (Å²) in [5.74, 6) is -0.405. The summed E-state index contributed by atoms with van der Waals surface area (Å²) in [7, 11) is 0. The molecule has 0 saturated heterocycles. The van der Waals surface area contributed by atoms with E-state index in [1.165, 1.54) is 6.07 Å². The highest BCUT2D eigenvalue weighted by Crippen LogP contribution is 2.17. The number of hydrogen-bond acceptors (Lipinski definition) is 4. The predicted molar refractivity (Wildman–Crippen MR) is 60.6 cm³/mol. The van der Waals surface area contributed by atoms with Crippen LogP contribution in [0.15, 0.2) is 33.5 Å². The first kappa shape index (κ1) is 10.6. The molecule has 0 aliphatic rings. The molecule has 2 N–H and O–H groups in total. The highest BCUT2D eigenvalue weighted by atomic mass is 16.4. The molecule has 0 aliphatic heterocycles. The Kier molecular flexibility index (Phi) is 2.58. The van der Waals surface area contributed by atoms with E-state index in [9.17, 15) is 9.59 Å². The number of aryl methyl sites for hydroxylation is 1. The van der Waals surface area contributed by atoms with Crippen LogP contribution in [0.4, 0.5) is 0 Å². The minimum absolute atomic E-state index is 0.0144. The maximum absolute atomic E-state index is 11.5. The Bertz CT molecular complexity index is 613. The minimum Gasteiger partial charge on any atom is -0.422 e.